The fourth-order valence-corrected chi connectivity index (χ4v) is 4.85. The molecule has 3 aromatic rings. The molecular weight excluding hydrogens is 530 g/mol. The lowest BCUT2D eigenvalue weighted by molar-refractivity contribution is -0.114. The fraction of sp³-hybridized carbons (Fsp3) is 0.231. The molecule has 184 valence electrons. The third kappa shape index (κ3) is 7.16. The maximum absolute atomic E-state index is 12.7. The Balaban J connectivity index is 1.70. The van der Waals surface area contributed by atoms with E-state index in [9.17, 15) is 18.0 Å². The van der Waals surface area contributed by atoms with Crippen LogP contribution < -0.4 is 14.9 Å². The minimum Gasteiger partial charge on any atom is -0.324 e. The van der Waals surface area contributed by atoms with Gasteiger partial charge in [-0.25, -0.2) is 8.42 Å². The second kappa shape index (κ2) is 10.6. The van der Waals surface area contributed by atoms with Gasteiger partial charge in [-0.15, -0.1) is 0 Å². The van der Waals surface area contributed by atoms with E-state index in [0.29, 0.717) is 27.1 Å². The highest BCUT2D eigenvalue weighted by Crippen LogP contribution is 2.28. The standard InChI is InChI=1S/C26H28BrN3O4S/c1-26(2,3)19-14-12-18(13-15-19)25(32)29-21-9-7-8-20(16-21)28-24(31)17-30(35(4,33)34)23-11-6-5-10-22(23)27/h5-16H,17H2,1-4H3,(H,28,31)(H,29,32). The van der Waals surface area contributed by atoms with Gasteiger partial charge in [0.05, 0.1) is 11.9 Å². The van der Waals surface area contributed by atoms with Crippen LogP contribution in [0.25, 0.3) is 0 Å². The van der Waals surface area contributed by atoms with Crippen LogP contribution in [0.1, 0.15) is 36.7 Å². The quantitative estimate of drug-likeness (QED) is 0.406. The summed E-state index contributed by atoms with van der Waals surface area (Å²) < 4.78 is 26.3. The van der Waals surface area contributed by atoms with Crippen LogP contribution in [0.15, 0.2) is 77.3 Å². The van der Waals surface area contributed by atoms with Crippen LogP contribution in [0.2, 0.25) is 0 Å². The van der Waals surface area contributed by atoms with E-state index in [1.807, 2.05) is 12.1 Å². The van der Waals surface area contributed by atoms with Crippen LogP contribution >= 0.6 is 15.9 Å². The molecule has 3 rings (SSSR count). The summed E-state index contributed by atoms with van der Waals surface area (Å²) in [7, 11) is -3.71. The SMILES string of the molecule is CC(C)(C)c1ccc(C(=O)Nc2cccc(NC(=O)CN(c3ccccc3Br)S(C)(=O)=O)c2)cc1. The number of rotatable bonds is 7. The van der Waals surface area contributed by atoms with Crippen molar-refractivity contribution in [3.63, 3.8) is 0 Å². The number of amides is 2. The third-order valence-corrected chi connectivity index (χ3v) is 7.02. The molecule has 9 heteroatoms. The number of hydrogen-bond acceptors (Lipinski definition) is 4. The van der Waals surface area contributed by atoms with Gasteiger partial charge in [0.25, 0.3) is 5.91 Å². The lowest BCUT2D eigenvalue weighted by Gasteiger charge is -2.23. The summed E-state index contributed by atoms with van der Waals surface area (Å²) in [5, 5.41) is 5.53. The second-order valence-corrected chi connectivity index (χ2v) is 11.9. The summed E-state index contributed by atoms with van der Waals surface area (Å²) in [6, 6.07) is 20.9. The monoisotopic (exact) mass is 557 g/mol. The van der Waals surface area contributed by atoms with Crippen molar-refractivity contribution >= 4 is 54.8 Å². The van der Waals surface area contributed by atoms with E-state index in [1.165, 1.54) is 0 Å². The molecule has 0 unspecified atom stereocenters. The zero-order valence-electron chi connectivity index (χ0n) is 20.0. The van der Waals surface area contributed by atoms with Crippen LogP contribution in [-0.2, 0) is 20.2 Å². The van der Waals surface area contributed by atoms with E-state index in [1.54, 1.807) is 60.7 Å². The largest absolute Gasteiger partial charge is 0.324 e. The number of para-hydroxylation sites is 1. The molecule has 0 aliphatic rings. The molecule has 0 spiro atoms. The van der Waals surface area contributed by atoms with Crippen molar-refractivity contribution < 1.29 is 18.0 Å². The predicted molar refractivity (Wildman–Crippen MR) is 144 cm³/mol. The Bertz CT molecular complexity index is 1330. The first kappa shape index (κ1) is 26.4. The predicted octanol–water partition coefficient (Wildman–Crippen LogP) is 5.40. The Morgan fingerprint density at radius 1 is 0.886 bits per heavy atom. The molecule has 2 amide bonds. The maximum Gasteiger partial charge on any atom is 0.255 e. The summed E-state index contributed by atoms with van der Waals surface area (Å²) in [5.74, 6) is -0.793. The number of halogens is 1. The van der Waals surface area contributed by atoms with Gasteiger partial charge in [0, 0.05) is 21.4 Å². The number of nitrogens with zero attached hydrogens (tertiary/aromatic N) is 1. The van der Waals surface area contributed by atoms with Crippen molar-refractivity contribution in [1.29, 1.82) is 0 Å². The highest BCUT2D eigenvalue weighted by molar-refractivity contribution is 9.10. The van der Waals surface area contributed by atoms with Crippen molar-refractivity contribution in [2.24, 2.45) is 0 Å². The molecule has 2 N–H and O–H groups in total. The van der Waals surface area contributed by atoms with Crippen molar-refractivity contribution in [1.82, 2.24) is 0 Å². The lowest BCUT2D eigenvalue weighted by Crippen LogP contribution is -2.37. The van der Waals surface area contributed by atoms with Crippen molar-refractivity contribution in [3.8, 4) is 0 Å². The highest BCUT2D eigenvalue weighted by Gasteiger charge is 2.23. The highest BCUT2D eigenvalue weighted by atomic mass is 79.9. The zero-order valence-corrected chi connectivity index (χ0v) is 22.4. The number of carbonyl (C=O) groups is 2. The Hall–Kier alpha value is -3.17. The molecule has 0 atom stereocenters. The second-order valence-electron chi connectivity index (χ2n) is 9.13. The normalized spacial score (nSPS) is 11.6. The molecule has 35 heavy (non-hydrogen) atoms. The van der Waals surface area contributed by atoms with Gasteiger partial charge in [-0.05, 0) is 69.4 Å². The van der Waals surface area contributed by atoms with Gasteiger partial charge in [-0.1, -0.05) is 51.1 Å². The molecule has 0 radical (unpaired) electrons. The first-order chi connectivity index (χ1) is 16.3. The van der Waals surface area contributed by atoms with Crippen molar-refractivity contribution in [2.75, 3.05) is 27.7 Å². The van der Waals surface area contributed by atoms with E-state index in [2.05, 4.69) is 47.3 Å². The first-order valence-corrected chi connectivity index (χ1v) is 13.5. The number of hydrogen-bond donors (Lipinski definition) is 2. The minimum absolute atomic E-state index is 0.00910. The van der Waals surface area contributed by atoms with Crippen LogP contribution in [0, 0.1) is 0 Å². The average Bonchev–Trinajstić information content (AvgIpc) is 2.77. The van der Waals surface area contributed by atoms with Gasteiger partial charge in [0.2, 0.25) is 15.9 Å². The number of anilines is 3. The van der Waals surface area contributed by atoms with Crippen LogP contribution in [0.5, 0.6) is 0 Å². The van der Waals surface area contributed by atoms with Gasteiger partial charge >= 0.3 is 0 Å². The molecule has 0 saturated carbocycles. The smallest absolute Gasteiger partial charge is 0.255 e. The summed E-state index contributed by atoms with van der Waals surface area (Å²) in [6.45, 7) is 5.92. The molecule has 0 fully saturated rings. The van der Waals surface area contributed by atoms with Crippen LogP contribution in [0.4, 0.5) is 17.1 Å². The Kier molecular flexibility index (Phi) is 8.02. The Morgan fingerprint density at radius 2 is 1.49 bits per heavy atom. The van der Waals surface area contributed by atoms with Gasteiger partial charge in [-0.3, -0.25) is 13.9 Å². The molecule has 3 aromatic carbocycles. The Morgan fingerprint density at radius 3 is 2.06 bits per heavy atom. The molecule has 0 aromatic heterocycles. The molecule has 0 aliphatic carbocycles. The number of sulfonamides is 1. The van der Waals surface area contributed by atoms with Crippen LogP contribution in [-0.4, -0.2) is 33.0 Å². The van der Waals surface area contributed by atoms with E-state index in [0.717, 1.165) is 16.1 Å². The van der Waals surface area contributed by atoms with Gasteiger partial charge < -0.3 is 10.6 Å². The molecule has 0 heterocycles. The molecule has 0 aliphatic heterocycles. The molecular formula is C26H28BrN3O4S. The molecule has 7 nitrogen and oxygen atoms in total. The van der Waals surface area contributed by atoms with Gasteiger partial charge in [0.1, 0.15) is 6.54 Å². The van der Waals surface area contributed by atoms with Crippen molar-refractivity contribution in [2.45, 2.75) is 26.2 Å². The number of benzene rings is 3. The maximum atomic E-state index is 12.7. The van der Waals surface area contributed by atoms with E-state index < -0.39 is 22.5 Å². The molecule has 0 bridgehead atoms. The van der Waals surface area contributed by atoms with E-state index in [-0.39, 0.29) is 11.3 Å². The fourth-order valence-electron chi connectivity index (χ4n) is 3.37. The van der Waals surface area contributed by atoms with Gasteiger partial charge in [-0.2, -0.15) is 0 Å². The van der Waals surface area contributed by atoms with E-state index >= 15 is 0 Å². The van der Waals surface area contributed by atoms with Gasteiger partial charge in [0.15, 0.2) is 0 Å². The molecule has 0 saturated heterocycles. The summed E-state index contributed by atoms with van der Waals surface area (Å²) in [4.78, 5) is 25.4. The van der Waals surface area contributed by atoms with Crippen molar-refractivity contribution in [3.05, 3.63) is 88.4 Å². The average molecular weight is 558 g/mol. The topological polar surface area (TPSA) is 95.6 Å². The number of nitrogens with one attached hydrogen (secondary N) is 2. The third-order valence-electron chi connectivity index (χ3n) is 5.23. The summed E-state index contributed by atoms with van der Waals surface area (Å²) >= 11 is 3.33. The zero-order chi connectivity index (χ0) is 25.8. The van der Waals surface area contributed by atoms with E-state index in [4.69, 9.17) is 0 Å². The van der Waals surface area contributed by atoms with Crippen LogP contribution in [0.3, 0.4) is 0 Å². The first-order valence-electron chi connectivity index (χ1n) is 10.9. The Labute approximate surface area is 214 Å². The summed E-state index contributed by atoms with van der Waals surface area (Å²) in [6.07, 6.45) is 1.05. The minimum atomic E-state index is -3.71. The summed E-state index contributed by atoms with van der Waals surface area (Å²) in [5.41, 5.74) is 2.93. The lowest BCUT2D eigenvalue weighted by atomic mass is 9.87. The number of carbonyl (C=O) groups excluding carboxylic acids is 2.